The van der Waals surface area contributed by atoms with Crippen molar-refractivity contribution < 1.29 is 14.4 Å². The van der Waals surface area contributed by atoms with Gasteiger partial charge in [-0.3, -0.25) is 14.4 Å². The molecule has 0 saturated carbocycles. The van der Waals surface area contributed by atoms with Crippen molar-refractivity contribution in [3.8, 4) is 0 Å². The SMILES string of the molecule is Cc1ccc(NC(=O)CN2CN(c3ccccc3)C3(CCN(C(=O)CC(C)CC(C)(C)C)CC3)C2=O)cc1. The van der Waals surface area contributed by atoms with Gasteiger partial charge in [0.1, 0.15) is 12.1 Å². The van der Waals surface area contributed by atoms with Gasteiger partial charge in [-0.25, -0.2) is 0 Å². The minimum Gasteiger partial charge on any atom is -0.342 e. The maximum atomic E-state index is 13.9. The molecule has 4 rings (SSSR count). The number of hydrogen-bond acceptors (Lipinski definition) is 4. The third kappa shape index (κ3) is 6.37. The molecule has 1 spiro atoms. The fourth-order valence-corrected chi connectivity index (χ4v) is 6.00. The second-order valence-electron chi connectivity index (χ2n) is 12.3. The van der Waals surface area contributed by atoms with Crippen LogP contribution in [0.15, 0.2) is 54.6 Å². The monoisotopic (exact) mass is 518 g/mol. The molecule has 2 aromatic carbocycles. The second kappa shape index (κ2) is 11.2. The number of hydrogen-bond donors (Lipinski definition) is 1. The highest BCUT2D eigenvalue weighted by atomic mass is 16.2. The molecule has 0 bridgehead atoms. The molecule has 3 amide bonds. The lowest BCUT2D eigenvalue weighted by atomic mass is 9.83. The van der Waals surface area contributed by atoms with Crippen molar-refractivity contribution in [2.75, 3.05) is 36.5 Å². The predicted molar refractivity (Wildman–Crippen MR) is 152 cm³/mol. The first-order valence-electron chi connectivity index (χ1n) is 13.7. The van der Waals surface area contributed by atoms with Crippen molar-refractivity contribution >= 4 is 29.1 Å². The van der Waals surface area contributed by atoms with Gasteiger partial charge in [0.15, 0.2) is 0 Å². The molecule has 1 unspecified atom stereocenters. The molecule has 2 fully saturated rings. The molecule has 0 aromatic heterocycles. The molecular formula is C31H42N4O3. The van der Waals surface area contributed by atoms with Crippen molar-refractivity contribution in [1.29, 1.82) is 0 Å². The van der Waals surface area contributed by atoms with E-state index in [1.807, 2.05) is 66.4 Å². The Kier molecular flexibility index (Phi) is 8.14. The van der Waals surface area contributed by atoms with Crippen LogP contribution in [-0.4, -0.2) is 59.4 Å². The summed E-state index contributed by atoms with van der Waals surface area (Å²) in [5.74, 6) is 0.235. The van der Waals surface area contributed by atoms with E-state index < -0.39 is 5.54 Å². The van der Waals surface area contributed by atoms with Gasteiger partial charge in [0.2, 0.25) is 11.8 Å². The van der Waals surface area contributed by atoms with Crippen LogP contribution in [0.3, 0.4) is 0 Å². The Morgan fingerprint density at radius 2 is 1.63 bits per heavy atom. The van der Waals surface area contributed by atoms with E-state index >= 15 is 0 Å². The number of carbonyl (C=O) groups is 3. The average molecular weight is 519 g/mol. The lowest BCUT2D eigenvalue weighted by Crippen LogP contribution is -2.57. The number of amides is 3. The molecule has 7 nitrogen and oxygen atoms in total. The van der Waals surface area contributed by atoms with Crippen molar-refractivity contribution in [1.82, 2.24) is 9.80 Å². The Labute approximate surface area is 227 Å². The Hall–Kier alpha value is -3.35. The predicted octanol–water partition coefficient (Wildman–Crippen LogP) is 5.06. The molecule has 7 heteroatoms. The van der Waals surface area contributed by atoms with E-state index in [1.54, 1.807) is 4.90 Å². The lowest BCUT2D eigenvalue weighted by molar-refractivity contribution is -0.139. The molecule has 2 aromatic rings. The Morgan fingerprint density at radius 1 is 1.00 bits per heavy atom. The highest BCUT2D eigenvalue weighted by molar-refractivity contribution is 5.99. The number of para-hydroxylation sites is 1. The number of carbonyl (C=O) groups excluding carboxylic acids is 3. The number of nitrogens with one attached hydrogen (secondary N) is 1. The molecule has 38 heavy (non-hydrogen) atoms. The van der Waals surface area contributed by atoms with Crippen molar-refractivity contribution in [2.45, 2.75) is 65.8 Å². The molecular weight excluding hydrogens is 476 g/mol. The highest BCUT2D eigenvalue weighted by Gasteiger charge is 2.54. The minimum atomic E-state index is -0.751. The fourth-order valence-electron chi connectivity index (χ4n) is 6.00. The summed E-state index contributed by atoms with van der Waals surface area (Å²) in [5.41, 5.74) is 2.23. The zero-order valence-electron chi connectivity index (χ0n) is 23.5. The minimum absolute atomic E-state index is 0.00917. The Morgan fingerprint density at radius 3 is 2.24 bits per heavy atom. The zero-order valence-corrected chi connectivity index (χ0v) is 23.5. The number of aryl methyl sites for hydroxylation is 1. The number of likely N-dealkylation sites (tertiary alicyclic amines) is 1. The zero-order chi connectivity index (χ0) is 27.5. The van der Waals surface area contributed by atoms with Crippen LogP contribution in [0.1, 0.15) is 58.9 Å². The van der Waals surface area contributed by atoms with Gasteiger partial charge in [-0.1, -0.05) is 63.6 Å². The molecule has 1 N–H and O–H groups in total. The van der Waals surface area contributed by atoms with Gasteiger partial charge in [0.05, 0.1) is 6.67 Å². The van der Waals surface area contributed by atoms with Crippen LogP contribution in [0.25, 0.3) is 0 Å². The summed E-state index contributed by atoms with van der Waals surface area (Å²) in [6.45, 7) is 12.2. The van der Waals surface area contributed by atoms with Gasteiger partial charge in [0, 0.05) is 30.9 Å². The van der Waals surface area contributed by atoms with Gasteiger partial charge in [-0.05, 0) is 61.8 Å². The average Bonchev–Trinajstić information content (AvgIpc) is 3.11. The van der Waals surface area contributed by atoms with Crippen LogP contribution >= 0.6 is 0 Å². The molecule has 2 saturated heterocycles. The number of rotatable bonds is 7. The molecule has 1 atom stereocenters. The molecule has 2 aliphatic heterocycles. The largest absolute Gasteiger partial charge is 0.342 e. The summed E-state index contributed by atoms with van der Waals surface area (Å²) in [6, 6.07) is 17.5. The van der Waals surface area contributed by atoms with E-state index in [0.29, 0.717) is 44.9 Å². The number of nitrogens with zero attached hydrogens (tertiary/aromatic N) is 3. The number of anilines is 2. The summed E-state index contributed by atoms with van der Waals surface area (Å²) >= 11 is 0. The molecule has 0 aliphatic carbocycles. The molecule has 0 radical (unpaired) electrons. The summed E-state index contributed by atoms with van der Waals surface area (Å²) in [7, 11) is 0. The number of benzene rings is 2. The smallest absolute Gasteiger partial charge is 0.250 e. The van der Waals surface area contributed by atoms with E-state index in [1.165, 1.54) is 0 Å². The molecule has 2 heterocycles. The third-order valence-corrected chi connectivity index (χ3v) is 7.68. The fraction of sp³-hybridized carbons (Fsp3) is 0.516. The maximum Gasteiger partial charge on any atom is 0.250 e. The van der Waals surface area contributed by atoms with Gasteiger partial charge in [0.25, 0.3) is 5.91 Å². The van der Waals surface area contributed by atoms with Crippen LogP contribution in [0, 0.1) is 18.3 Å². The normalized spacial score (nSPS) is 18.1. The molecule has 2 aliphatic rings. The first-order valence-corrected chi connectivity index (χ1v) is 13.7. The third-order valence-electron chi connectivity index (χ3n) is 7.68. The van der Waals surface area contributed by atoms with Crippen LogP contribution in [0.2, 0.25) is 0 Å². The highest BCUT2D eigenvalue weighted by Crippen LogP contribution is 2.40. The van der Waals surface area contributed by atoms with E-state index in [2.05, 4.69) is 37.9 Å². The standard InChI is InChI=1S/C31H42N4O3/c1-23-11-13-25(14-12-23)32-27(36)21-34-22-35(26-9-7-6-8-10-26)31(29(34)38)15-17-33(18-16-31)28(37)19-24(2)20-30(3,4)5/h6-14,24H,15-22H2,1-5H3,(H,32,36). The van der Waals surface area contributed by atoms with E-state index in [9.17, 15) is 14.4 Å². The lowest BCUT2D eigenvalue weighted by Gasteiger charge is -2.43. The topological polar surface area (TPSA) is 73.0 Å². The van der Waals surface area contributed by atoms with Crippen molar-refractivity contribution in [2.24, 2.45) is 11.3 Å². The quantitative estimate of drug-likeness (QED) is 0.556. The van der Waals surface area contributed by atoms with Crippen LogP contribution in [-0.2, 0) is 14.4 Å². The van der Waals surface area contributed by atoms with E-state index in [-0.39, 0.29) is 29.7 Å². The van der Waals surface area contributed by atoms with E-state index in [4.69, 9.17) is 0 Å². The Bertz CT molecular complexity index is 1130. The van der Waals surface area contributed by atoms with Crippen LogP contribution < -0.4 is 10.2 Å². The van der Waals surface area contributed by atoms with Crippen molar-refractivity contribution in [3.05, 3.63) is 60.2 Å². The van der Waals surface area contributed by atoms with Gasteiger partial charge >= 0.3 is 0 Å². The summed E-state index contributed by atoms with van der Waals surface area (Å²) in [6.07, 6.45) is 2.63. The van der Waals surface area contributed by atoms with Crippen LogP contribution in [0.5, 0.6) is 0 Å². The first kappa shape index (κ1) is 27.7. The maximum absolute atomic E-state index is 13.9. The number of piperidine rings is 1. The summed E-state index contributed by atoms with van der Waals surface area (Å²) in [5, 5.41) is 2.91. The summed E-state index contributed by atoms with van der Waals surface area (Å²) in [4.78, 5) is 45.6. The van der Waals surface area contributed by atoms with Gasteiger partial charge in [-0.15, -0.1) is 0 Å². The van der Waals surface area contributed by atoms with E-state index in [0.717, 1.165) is 23.4 Å². The van der Waals surface area contributed by atoms with Crippen LogP contribution in [0.4, 0.5) is 11.4 Å². The first-order chi connectivity index (χ1) is 18.0. The van der Waals surface area contributed by atoms with Gasteiger partial charge in [-0.2, -0.15) is 0 Å². The van der Waals surface area contributed by atoms with Gasteiger partial charge < -0.3 is 20.0 Å². The Balaban J connectivity index is 1.45. The second-order valence-corrected chi connectivity index (χ2v) is 12.3. The summed E-state index contributed by atoms with van der Waals surface area (Å²) < 4.78 is 0. The van der Waals surface area contributed by atoms with Crippen molar-refractivity contribution in [3.63, 3.8) is 0 Å². The molecule has 204 valence electrons.